The number of allylic oxidation sites excluding steroid dienone is 2. The normalized spacial score (nSPS) is 14.0. The molecule has 1 heterocycles. The number of benzene rings is 3. The zero-order chi connectivity index (χ0) is 33.1. The fourth-order valence-corrected chi connectivity index (χ4v) is 6.88. The Labute approximate surface area is 264 Å². The van der Waals surface area contributed by atoms with Gasteiger partial charge in [-0.1, -0.05) is 36.4 Å². The van der Waals surface area contributed by atoms with E-state index in [9.17, 15) is 31.2 Å². The van der Waals surface area contributed by atoms with Gasteiger partial charge in [-0.15, -0.1) is 0 Å². The number of hydrogen-bond donors (Lipinski definition) is 0. The lowest BCUT2D eigenvalue weighted by atomic mass is 10.0. The number of sulfone groups is 2. The van der Waals surface area contributed by atoms with Gasteiger partial charge in [-0.05, 0) is 101 Å². The molecule has 3 aromatic carbocycles. The van der Waals surface area contributed by atoms with E-state index in [0.29, 0.717) is 24.0 Å². The standard InChI is InChI=1S/C32H29FN2O9S2/c1-21-27(18-22-10-13-24(14-11-22)45(2,38)39)26-15-12-23(33)19-29(26)28(21)20-30(36)42-16-6-7-17-43-31-32(35(37)44-34-31)46(40,41)25-8-4-3-5-9-25/h3-5,8-15,18-19H,6-7,16-17,20H2,1-2H3/b27-18-. The van der Waals surface area contributed by atoms with Crippen LogP contribution in [0.3, 0.4) is 0 Å². The van der Waals surface area contributed by atoms with Crippen LogP contribution in [-0.2, 0) is 29.2 Å². The highest BCUT2D eigenvalue weighted by atomic mass is 32.2. The van der Waals surface area contributed by atoms with Gasteiger partial charge in [0.15, 0.2) is 9.84 Å². The molecule has 0 atom stereocenters. The molecule has 0 N–H and O–H groups in total. The number of nitrogens with zero attached hydrogens (tertiary/aromatic N) is 2. The minimum atomic E-state index is -4.24. The van der Waals surface area contributed by atoms with Crippen LogP contribution in [-0.4, -0.2) is 47.4 Å². The molecule has 0 bridgehead atoms. The van der Waals surface area contributed by atoms with E-state index in [2.05, 4.69) is 9.79 Å². The van der Waals surface area contributed by atoms with E-state index in [1.807, 2.05) is 13.0 Å². The van der Waals surface area contributed by atoms with E-state index in [1.54, 1.807) is 24.3 Å². The maximum absolute atomic E-state index is 14.2. The van der Waals surface area contributed by atoms with Crippen molar-refractivity contribution < 1.29 is 45.0 Å². The zero-order valence-electron chi connectivity index (χ0n) is 24.8. The molecule has 240 valence electrons. The summed E-state index contributed by atoms with van der Waals surface area (Å²) in [6.45, 7) is 1.84. The molecule has 11 nitrogen and oxygen atoms in total. The Kier molecular flexibility index (Phi) is 9.39. The van der Waals surface area contributed by atoms with Gasteiger partial charge >= 0.3 is 16.9 Å². The summed E-state index contributed by atoms with van der Waals surface area (Å²) < 4.78 is 78.9. The average Bonchev–Trinajstić information content (AvgIpc) is 3.51. The molecule has 0 aliphatic heterocycles. The first-order valence-corrected chi connectivity index (χ1v) is 17.4. The van der Waals surface area contributed by atoms with E-state index in [0.717, 1.165) is 28.5 Å². The topological polar surface area (TPSA) is 157 Å². The monoisotopic (exact) mass is 668 g/mol. The summed E-state index contributed by atoms with van der Waals surface area (Å²) in [6.07, 6.45) is 3.58. The van der Waals surface area contributed by atoms with Crippen LogP contribution in [0.25, 0.3) is 17.2 Å². The zero-order valence-corrected chi connectivity index (χ0v) is 26.4. The summed E-state index contributed by atoms with van der Waals surface area (Å²) in [5, 5.41) is 14.7. The van der Waals surface area contributed by atoms with Crippen molar-refractivity contribution in [1.29, 1.82) is 0 Å². The first-order chi connectivity index (χ1) is 21.9. The van der Waals surface area contributed by atoms with Crippen LogP contribution in [0.4, 0.5) is 4.39 Å². The van der Waals surface area contributed by atoms with Gasteiger partial charge in [0, 0.05) is 6.26 Å². The molecule has 0 unspecified atom stereocenters. The lowest BCUT2D eigenvalue weighted by Crippen LogP contribution is -2.31. The van der Waals surface area contributed by atoms with Crippen molar-refractivity contribution in [3.8, 4) is 5.88 Å². The number of ether oxygens (including phenoxy) is 2. The minimum Gasteiger partial charge on any atom is -0.465 e. The number of carbonyl (C=O) groups is 1. The van der Waals surface area contributed by atoms with Crippen LogP contribution in [0.5, 0.6) is 5.88 Å². The second kappa shape index (κ2) is 13.3. The molecular weight excluding hydrogens is 639 g/mol. The first kappa shape index (κ1) is 32.6. The van der Waals surface area contributed by atoms with Gasteiger partial charge in [0.1, 0.15) is 5.82 Å². The van der Waals surface area contributed by atoms with Crippen molar-refractivity contribution in [2.24, 2.45) is 0 Å². The molecule has 46 heavy (non-hydrogen) atoms. The number of esters is 1. The van der Waals surface area contributed by atoms with Crippen molar-refractivity contribution >= 4 is 42.9 Å². The Morgan fingerprint density at radius 1 is 0.957 bits per heavy atom. The van der Waals surface area contributed by atoms with Crippen LogP contribution in [0.1, 0.15) is 42.9 Å². The van der Waals surface area contributed by atoms with Crippen LogP contribution < -0.4 is 9.64 Å². The molecule has 0 amide bonds. The van der Waals surface area contributed by atoms with Crippen molar-refractivity contribution in [3.63, 3.8) is 0 Å². The third-order valence-electron chi connectivity index (χ3n) is 7.29. The number of rotatable bonds is 12. The molecule has 14 heteroatoms. The number of carbonyl (C=O) groups excluding carboxylic acids is 1. The average molecular weight is 669 g/mol. The Bertz CT molecular complexity index is 2050. The van der Waals surface area contributed by atoms with E-state index >= 15 is 0 Å². The van der Waals surface area contributed by atoms with Crippen LogP contribution in [0, 0.1) is 11.0 Å². The Hall–Kier alpha value is -4.82. The van der Waals surface area contributed by atoms with Crippen molar-refractivity contribution in [2.75, 3.05) is 19.5 Å². The summed E-state index contributed by atoms with van der Waals surface area (Å²) in [7, 11) is -7.58. The number of fused-ring (bicyclic) bond motifs is 1. The fourth-order valence-electron chi connectivity index (χ4n) is 4.95. The second-order valence-corrected chi connectivity index (χ2v) is 14.4. The molecule has 0 radical (unpaired) electrons. The molecule has 0 saturated carbocycles. The van der Waals surface area contributed by atoms with Gasteiger partial charge in [0.05, 0.1) is 34.6 Å². The fraction of sp³-hybridized carbons (Fsp3) is 0.219. The molecule has 1 aromatic heterocycles. The number of hydrogen-bond acceptors (Lipinski definition) is 10. The van der Waals surface area contributed by atoms with Gasteiger partial charge in [-0.3, -0.25) is 9.42 Å². The highest BCUT2D eigenvalue weighted by Gasteiger charge is 2.35. The molecule has 0 fully saturated rings. The summed E-state index contributed by atoms with van der Waals surface area (Å²) in [4.78, 5) is 12.6. The SMILES string of the molecule is CC1=C(CC(=O)OCCCCOc2no[n+]([O-])c2S(=O)(=O)c2ccccc2)c2cc(F)ccc2/C1=C\c1ccc(S(C)(=O)=O)cc1. The maximum atomic E-state index is 14.2. The van der Waals surface area contributed by atoms with E-state index < -0.39 is 42.4 Å². The van der Waals surface area contributed by atoms with Gasteiger partial charge in [0.25, 0.3) is 9.84 Å². The maximum Gasteiger partial charge on any atom is 0.414 e. The smallest absolute Gasteiger partial charge is 0.414 e. The summed E-state index contributed by atoms with van der Waals surface area (Å²) in [5.74, 6) is -1.45. The molecule has 0 spiro atoms. The number of aromatic nitrogens is 2. The number of unbranched alkanes of at least 4 members (excludes halogenated alkanes) is 1. The van der Waals surface area contributed by atoms with Crippen LogP contribution >= 0.6 is 0 Å². The van der Waals surface area contributed by atoms with Crippen LogP contribution in [0.2, 0.25) is 0 Å². The predicted molar refractivity (Wildman–Crippen MR) is 164 cm³/mol. The highest BCUT2D eigenvalue weighted by molar-refractivity contribution is 7.91. The van der Waals surface area contributed by atoms with Gasteiger partial charge in [-0.2, -0.15) is 0 Å². The van der Waals surface area contributed by atoms with E-state index in [1.165, 1.54) is 48.5 Å². The quantitative estimate of drug-likeness (QED) is 0.117. The lowest BCUT2D eigenvalue weighted by molar-refractivity contribution is -0.832. The van der Waals surface area contributed by atoms with E-state index in [4.69, 9.17) is 9.47 Å². The van der Waals surface area contributed by atoms with Gasteiger partial charge in [-0.25, -0.2) is 21.2 Å². The van der Waals surface area contributed by atoms with E-state index in [-0.39, 0.29) is 34.3 Å². The Balaban J connectivity index is 1.19. The third-order valence-corrected chi connectivity index (χ3v) is 10.1. The minimum absolute atomic E-state index is 0.0301. The largest absolute Gasteiger partial charge is 0.465 e. The molecule has 1 aliphatic rings. The first-order valence-electron chi connectivity index (χ1n) is 14.1. The summed E-state index contributed by atoms with van der Waals surface area (Å²) in [5.41, 5.74) is 4.22. The van der Waals surface area contributed by atoms with Crippen molar-refractivity contribution in [3.05, 3.63) is 106 Å². The highest BCUT2D eigenvalue weighted by Crippen LogP contribution is 2.44. The summed E-state index contributed by atoms with van der Waals surface area (Å²) in [6, 6.07) is 18.1. The second-order valence-electron chi connectivity index (χ2n) is 10.5. The van der Waals surface area contributed by atoms with Crippen molar-refractivity contribution in [2.45, 2.75) is 41.0 Å². The van der Waals surface area contributed by atoms with Crippen LogP contribution in [0.15, 0.2) is 97.8 Å². The number of halogens is 1. The molecule has 0 saturated heterocycles. The predicted octanol–water partition coefficient (Wildman–Crippen LogP) is 4.80. The molecule has 5 rings (SSSR count). The third kappa shape index (κ3) is 7.02. The van der Waals surface area contributed by atoms with Gasteiger partial charge in [0.2, 0.25) is 0 Å². The molecular formula is C32H29FN2O9S2. The molecule has 1 aliphatic carbocycles. The van der Waals surface area contributed by atoms with Crippen molar-refractivity contribution in [1.82, 2.24) is 5.16 Å². The molecule has 4 aromatic rings. The van der Waals surface area contributed by atoms with Gasteiger partial charge < -0.3 is 14.7 Å². The lowest BCUT2D eigenvalue weighted by Gasteiger charge is -2.08. The Morgan fingerprint density at radius 3 is 2.35 bits per heavy atom. The summed E-state index contributed by atoms with van der Waals surface area (Å²) >= 11 is 0. The Morgan fingerprint density at radius 2 is 1.65 bits per heavy atom.